The lowest BCUT2D eigenvalue weighted by Gasteiger charge is -2.09. The normalized spacial score (nSPS) is 10.5. The quantitative estimate of drug-likeness (QED) is 0.734. The van der Waals surface area contributed by atoms with Gasteiger partial charge in [0.2, 0.25) is 0 Å². The van der Waals surface area contributed by atoms with Crippen molar-refractivity contribution < 1.29 is 9.53 Å². The molecule has 0 heterocycles. The number of rotatable bonds is 4. The lowest BCUT2D eigenvalue weighted by atomic mass is 10.1. The first-order valence-corrected chi connectivity index (χ1v) is 5.31. The summed E-state index contributed by atoms with van der Waals surface area (Å²) in [5, 5.41) is 0.472. The van der Waals surface area contributed by atoms with Gasteiger partial charge in [0.25, 0.3) is 0 Å². The molecule has 0 aliphatic heterocycles. The van der Waals surface area contributed by atoms with Gasteiger partial charge < -0.3 is 4.74 Å². The molecule has 1 aromatic rings. The molecule has 3 heteroatoms. The van der Waals surface area contributed by atoms with E-state index in [4.69, 9.17) is 16.3 Å². The van der Waals surface area contributed by atoms with E-state index < -0.39 is 0 Å². The molecule has 1 rings (SSSR count). The molecule has 0 unspecified atom stereocenters. The summed E-state index contributed by atoms with van der Waals surface area (Å²) >= 11 is 5.88. The molecule has 0 radical (unpaired) electrons. The van der Waals surface area contributed by atoms with Crippen molar-refractivity contribution in [1.82, 2.24) is 0 Å². The van der Waals surface area contributed by atoms with E-state index >= 15 is 0 Å². The summed E-state index contributed by atoms with van der Waals surface area (Å²) in [5.74, 6) is 1.11. The Morgan fingerprint density at radius 1 is 1.47 bits per heavy atom. The molecule has 0 atom stereocenters. The average Bonchev–Trinajstić information content (AvgIpc) is 2.16. The van der Waals surface area contributed by atoms with E-state index in [2.05, 4.69) is 13.8 Å². The van der Waals surface area contributed by atoms with Crippen LogP contribution in [0.25, 0.3) is 0 Å². The number of benzene rings is 1. The van der Waals surface area contributed by atoms with Crippen LogP contribution < -0.4 is 4.74 Å². The summed E-state index contributed by atoms with van der Waals surface area (Å²) in [6.45, 7) is 6.27. The first-order chi connectivity index (χ1) is 7.00. The van der Waals surface area contributed by atoms with Gasteiger partial charge in [-0.2, -0.15) is 0 Å². The summed E-state index contributed by atoms with van der Waals surface area (Å²) in [6, 6.07) is 5.15. The highest BCUT2D eigenvalue weighted by Gasteiger charge is 2.07. The van der Waals surface area contributed by atoms with E-state index in [0.717, 1.165) is 0 Å². The van der Waals surface area contributed by atoms with Crippen molar-refractivity contribution in [2.75, 3.05) is 6.61 Å². The molecule has 0 saturated carbocycles. The van der Waals surface area contributed by atoms with Gasteiger partial charge in [-0.1, -0.05) is 25.4 Å². The summed E-state index contributed by atoms with van der Waals surface area (Å²) in [7, 11) is 0. The fraction of sp³-hybridized carbons (Fsp3) is 0.417. The fourth-order valence-corrected chi connectivity index (χ4v) is 1.38. The van der Waals surface area contributed by atoms with E-state index in [1.54, 1.807) is 18.2 Å². The van der Waals surface area contributed by atoms with Crippen LogP contribution in [0.3, 0.4) is 0 Å². The van der Waals surface area contributed by atoms with Crippen LogP contribution in [0.4, 0.5) is 0 Å². The third-order valence-electron chi connectivity index (χ3n) is 1.90. The fourth-order valence-electron chi connectivity index (χ4n) is 1.13. The van der Waals surface area contributed by atoms with Crippen LogP contribution in [-0.4, -0.2) is 12.4 Å². The van der Waals surface area contributed by atoms with E-state index in [1.807, 2.05) is 0 Å². The standard InChI is InChI=1S/C12H15ClO2/c1-8(2)7-15-10-4-5-12(13)11(6-10)9(3)14/h4-6,8H,7H2,1-3H3. The maximum Gasteiger partial charge on any atom is 0.161 e. The Bertz CT molecular complexity index is 359. The van der Waals surface area contributed by atoms with Gasteiger partial charge in [-0.25, -0.2) is 0 Å². The molecular formula is C12H15ClO2. The number of ketones is 1. The number of carbonyl (C=O) groups excluding carboxylic acids is 1. The molecule has 0 aliphatic carbocycles. The number of Topliss-reactive ketones (excluding diaryl/α,β-unsaturated/α-hetero) is 1. The molecule has 0 spiro atoms. The lowest BCUT2D eigenvalue weighted by molar-refractivity contribution is 0.101. The van der Waals surface area contributed by atoms with Gasteiger partial charge in [-0.3, -0.25) is 4.79 Å². The monoisotopic (exact) mass is 226 g/mol. The zero-order valence-electron chi connectivity index (χ0n) is 9.21. The van der Waals surface area contributed by atoms with E-state index in [-0.39, 0.29) is 5.78 Å². The molecule has 2 nitrogen and oxygen atoms in total. The second-order valence-corrected chi connectivity index (χ2v) is 4.31. The van der Waals surface area contributed by atoms with Crippen LogP contribution in [0.2, 0.25) is 5.02 Å². The zero-order chi connectivity index (χ0) is 11.4. The second kappa shape index (κ2) is 5.17. The van der Waals surface area contributed by atoms with Gasteiger partial charge in [0, 0.05) is 5.56 Å². The maximum atomic E-state index is 11.2. The topological polar surface area (TPSA) is 26.3 Å². The lowest BCUT2D eigenvalue weighted by Crippen LogP contribution is -2.05. The van der Waals surface area contributed by atoms with Crippen LogP contribution in [0.1, 0.15) is 31.1 Å². The molecule has 1 aromatic carbocycles. The third kappa shape index (κ3) is 3.56. The Morgan fingerprint density at radius 2 is 2.13 bits per heavy atom. The Kier molecular flexibility index (Phi) is 4.15. The highest BCUT2D eigenvalue weighted by atomic mass is 35.5. The number of hydrogen-bond donors (Lipinski definition) is 0. The Labute approximate surface area is 95.2 Å². The highest BCUT2D eigenvalue weighted by molar-refractivity contribution is 6.33. The molecule has 0 fully saturated rings. The average molecular weight is 227 g/mol. The largest absolute Gasteiger partial charge is 0.493 e. The molecule has 15 heavy (non-hydrogen) atoms. The van der Waals surface area contributed by atoms with Crippen molar-refractivity contribution in [3.63, 3.8) is 0 Å². The Morgan fingerprint density at radius 3 is 2.67 bits per heavy atom. The summed E-state index contributed by atoms with van der Waals surface area (Å²) < 4.78 is 5.50. The van der Waals surface area contributed by atoms with Gasteiger partial charge >= 0.3 is 0 Å². The maximum absolute atomic E-state index is 11.2. The molecular weight excluding hydrogens is 212 g/mol. The van der Waals surface area contributed by atoms with Crippen molar-refractivity contribution in [1.29, 1.82) is 0 Å². The van der Waals surface area contributed by atoms with Crippen molar-refractivity contribution in [2.24, 2.45) is 5.92 Å². The Balaban J connectivity index is 2.83. The predicted octanol–water partition coefficient (Wildman–Crippen LogP) is 3.58. The summed E-state index contributed by atoms with van der Waals surface area (Å²) in [6.07, 6.45) is 0. The Hall–Kier alpha value is -1.02. The highest BCUT2D eigenvalue weighted by Crippen LogP contribution is 2.22. The van der Waals surface area contributed by atoms with Crippen LogP contribution in [0.5, 0.6) is 5.75 Å². The van der Waals surface area contributed by atoms with Crippen LogP contribution in [0.15, 0.2) is 18.2 Å². The molecule has 82 valence electrons. The number of ether oxygens (including phenoxy) is 1. The first kappa shape index (κ1) is 12.1. The van der Waals surface area contributed by atoms with E-state index in [0.29, 0.717) is 28.9 Å². The molecule has 0 aromatic heterocycles. The van der Waals surface area contributed by atoms with Crippen molar-refractivity contribution >= 4 is 17.4 Å². The third-order valence-corrected chi connectivity index (χ3v) is 2.23. The minimum absolute atomic E-state index is 0.0463. The van der Waals surface area contributed by atoms with Crippen LogP contribution in [-0.2, 0) is 0 Å². The minimum atomic E-state index is -0.0463. The number of carbonyl (C=O) groups is 1. The van der Waals surface area contributed by atoms with Gasteiger partial charge in [0.1, 0.15) is 5.75 Å². The summed E-state index contributed by atoms with van der Waals surface area (Å²) in [4.78, 5) is 11.2. The SMILES string of the molecule is CC(=O)c1cc(OCC(C)C)ccc1Cl. The molecule has 0 N–H and O–H groups in total. The summed E-state index contributed by atoms with van der Waals surface area (Å²) in [5.41, 5.74) is 0.512. The second-order valence-electron chi connectivity index (χ2n) is 3.90. The molecule has 0 saturated heterocycles. The predicted molar refractivity (Wildman–Crippen MR) is 61.8 cm³/mol. The zero-order valence-corrected chi connectivity index (χ0v) is 9.97. The van der Waals surface area contributed by atoms with Crippen molar-refractivity contribution in [3.8, 4) is 5.75 Å². The minimum Gasteiger partial charge on any atom is -0.493 e. The molecule has 0 aliphatic rings. The number of hydrogen-bond acceptors (Lipinski definition) is 2. The van der Waals surface area contributed by atoms with Gasteiger partial charge in [-0.05, 0) is 31.0 Å². The van der Waals surface area contributed by atoms with Gasteiger partial charge in [0.15, 0.2) is 5.78 Å². The van der Waals surface area contributed by atoms with E-state index in [1.165, 1.54) is 6.92 Å². The van der Waals surface area contributed by atoms with Gasteiger partial charge in [-0.15, -0.1) is 0 Å². The van der Waals surface area contributed by atoms with Crippen LogP contribution in [0, 0.1) is 5.92 Å². The smallest absolute Gasteiger partial charge is 0.161 e. The van der Waals surface area contributed by atoms with Crippen LogP contribution >= 0.6 is 11.6 Å². The molecule has 0 amide bonds. The first-order valence-electron chi connectivity index (χ1n) is 4.94. The molecule has 0 bridgehead atoms. The van der Waals surface area contributed by atoms with Crippen molar-refractivity contribution in [2.45, 2.75) is 20.8 Å². The van der Waals surface area contributed by atoms with Gasteiger partial charge in [0.05, 0.1) is 11.6 Å². The van der Waals surface area contributed by atoms with Crippen molar-refractivity contribution in [3.05, 3.63) is 28.8 Å². The van der Waals surface area contributed by atoms with E-state index in [9.17, 15) is 4.79 Å². The number of halogens is 1.